The van der Waals surface area contributed by atoms with E-state index in [1.807, 2.05) is 13.8 Å². The molecule has 2 rings (SSSR count). The minimum atomic E-state index is -1.86. The van der Waals surface area contributed by atoms with E-state index in [4.69, 9.17) is 4.43 Å². The Hall–Kier alpha value is 0.0969. The van der Waals surface area contributed by atoms with Gasteiger partial charge in [-0.1, -0.05) is 27.7 Å². The smallest absolute Gasteiger partial charge is 0.192 e. The monoisotopic (exact) mass is 356 g/mol. The van der Waals surface area contributed by atoms with Gasteiger partial charge in [0, 0.05) is 5.41 Å². The standard InChI is InChI=1S/C20H40O3Si/c1-17(2,3)24(7,8)23-16-10-9-12-20(22)14-15(18(4,5)21)11-13-19(16,20)6/h15-16,21-22H,9-14H2,1-8H3/t15-,16+,19-,20-/m0/s1. The molecular weight excluding hydrogens is 316 g/mol. The minimum Gasteiger partial charge on any atom is -0.413 e. The quantitative estimate of drug-likeness (QED) is 0.709. The summed E-state index contributed by atoms with van der Waals surface area (Å²) in [4.78, 5) is 0. The van der Waals surface area contributed by atoms with E-state index in [0.29, 0.717) is 6.42 Å². The van der Waals surface area contributed by atoms with Gasteiger partial charge in [0.05, 0.1) is 17.3 Å². The summed E-state index contributed by atoms with van der Waals surface area (Å²) in [6, 6.07) is 0. The first kappa shape index (κ1) is 20.4. The summed E-state index contributed by atoms with van der Waals surface area (Å²) in [6.07, 6.45) is 5.66. The van der Waals surface area contributed by atoms with E-state index in [2.05, 4.69) is 40.8 Å². The van der Waals surface area contributed by atoms with Crippen molar-refractivity contribution in [1.82, 2.24) is 0 Å². The SMILES string of the molecule is CC(C)(O)[C@H]1CC[C@@]2(C)[C@H](O[Si](C)(C)C(C)(C)C)CCC[C@]2(O)C1. The molecule has 0 bridgehead atoms. The van der Waals surface area contributed by atoms with Gasteiger partial charge in [-0.25, -0.2) is 0 Å². The fraction of sp³-hybridized carbons (Fsp3) is 1.00. The average Bonchev–Trinajstić information content (AvgIpc) is 2.37. The van der Waals surface area contributed by atoms with Crippen molar-refractivity contribution in [1.29, 1.82) is 0 Å². The summed E-state index contributed by atoms with van der Waals surface area (Å²) < 4.78 is 6.82. The molecule has 2 fully saturated rings. The Kier molecular flexibility index (Phi) is 5.16. The van der Waals surface area contributed by atoms with Crippen LogP contribution in [-0.4, -0.2) is 35.8 Å². The Labute approximate surface area is 150 Å². The molecule has 2 saturated carbocycles. The molecule has 0 unspecified atom stereocenters. The van der Waals surface area contributed by atoms with Gasteiger partial charge < -0.3 is 14.6 Å². The Morgan fingerprint density at radius 1 is 1.04 bits per heavy atom. The van der Waals surface area contributed by atoms with Gasteiger partial charge in [0.15, 0.2) is 8.32 Å². The van der Waals surface area contributed by atoms with Crippen LogP contribution in [0.1, 0.15) is 80.1 Å². The van der Waals surface area contributed by atoms with Crippen LogP contribution in [0.15, 0.2) is 0 Å². The Morgan fingerprint density at radius 2 is 1.62 bits per heavy atom. The third-order valence-electron chi connectivity index (χ3n) is 7.67. The molecule has 0 aliphatic heterocycles. The van der Waals surface area contributed by atoms with Crippen molar-refractivity contribution in [3.05, 3.63) is 0 Å². The van der Waals surface area contributed by atoms with Crippen LogP contribution in [0.25, 0.3) is 0 Å². The first-order chi connectivity index (χ1) is 10.6. The van der Waals surface area contributed by atoms with Gasteiger partial charge in [-0.05, 0) is 76.4 Å². The molecule has 24 heavy (non-hydrogen) atoms. The third-order valence-corrected chi connectivity index (χ3v) is 12.2. The molecule has 0 spiro atoms. The van der Waals surface area contributed by atoms with Crippen molar-refractivity contribution >= 4 is 8.32 Å². The van der Waals surface area contributed by atoms with Crippen LogP contribution in [0.2, 0.25) is 18.1 Å². The van der Waals surface area contributed by atoms with Crippen molar-refractivity contribution in [2.45, 2.75) is 116 Å². The van der Waals surface area contributed by atoms with E-state index >= 15 is 0 Å². The first-order valence-electron chi connectivity index (χ1n) is 9.75. The second-order valence-electron chi connectivity index (χ2n) is 10.8. The van der Waals surface area contributed by atoms with Gasteiger partial charge in [0.2, 0.25) is 0 Å². The topological polar surface area (TPSA) is 49.7 Å². The number of aliphatic hydroxyl groups is 2. The summed E-state index contributed by atoms with van der Waals surface area (Å²) >= 11 is 0. The van der Waals surface area contributed by atoms with Gasteiger partial charge in [0.25, 0.3) is 0 Å². The van der Waals surface area contributed by atoms with Crippen LogP contribution in [0.5, 0.6) is 0 Å². The number of hydrogen-bond acceptors (Lipinski definition) is 3. The predicted octanol–water partition coefficient (Wildman–Crippen LogP) is 4.87. The maximum atomic E-state index is 11.6. The lowest BCUT2D eigenvalue weighted by atomic mass is 9.53. The van der Waals surface area contributed by atoms with Crippen LogP contribution in [0.3, 0.4) is 0 Å². The zero-order valence-electron chi connectivity index (χ0n) is 17.2. The Morgan fingerprint density at radius 3 is 2.12 bits per heavy atom. The maximum absolute atomic E-state index is 11.6. The molecule has 2 aliphatic rings. The van der Waals surface area contributed by atoms with Crippen LogP contribution in [0, 0.1) is 11.3 Å². The lowest BCUT2D eigenvalue weighted by Crippen LogP contribution is -2.63. The average molecular weight is 357 g/mol. The molecule has 0 aromatic rings. The Bertz CT molecular complexity index is 462. The van der Waals surface area contributed by atoms with Crippen molar-refractivity contribution in [2.75, 3.05) is 0 Å². The predicted molar refractivity (Wildman–Crippen MR) is 103 cm³/mol. The molecule has 2 aliphatic carbocycles. The highest BCUT2D eigenvalue weighted by Crippen LogP contribution is 2.57. The van der Waals surface area contributed by atoms with Gasteiger partial charge in [-0.3, -0.25) is 0 Å². The number of rotatable bonds is 3. The normalized spacial score (nSPS) is 38.8. The third kappa shape index (κ3) is 3.49. The number of fused-ring (bicyclic) bond motifs is 1. The highest BCUT2D eigenvalue weighted by Gasteiger charge is 2.59. The van der Waals surface area contributed by atoms with Crippen molar-refractivity contribution in [2.24, 2.45) is 11.3 Å². The van der Waals surface area contributed by atoms with Crippen molar-refractivity contribution in [3.63, 3.8) is 0 Å². The van der Waals surface area contributed by atoms with Gasteiger partial charge >= 0.3 is 0 Å². The molecule has 0 amide bonds. The molecule has 142 valence electrons. The van der Waals surface area contributed by atoms with E-state index in [1.54, 1.807) is 0 Å². The summed E-state index contributed by atoms with van der Waals surface area (Å²) in [5, 5.41) is 22.2. The summed E-state index contributed by atoms with van der Waals surface area (Å²) in [7, 11) is -1.86. The van der Waals surface area contributed by atoms with Gasteiger partial charge in [-0.15, -0.1) is 0 Å². The molecule has 2 N–H and O–H groups in total. The van der Waals surface area contributed by atoms with Crippen molar-refractivity contribution in [3.8, 4) is 0 Å². The molecule has 0 heterocycles. The largest absolute Gasteiger partial charge is 0.413 e. The molecule has 0 saturated heterocycles. The molecule has 4 heteroatoms. The molecule has 0 aromatic carbocycles. The lowest BCUT2D eigenvalue weighted by Gasteiger charge is -2.60. The summed E-state index contributed by atoms with van der Waals surface area (Å²) in [5.41, 5.74) is -1.62. The van der Waals surface area contributed by atoms with Crippen LogP contribution < -0.4 is 0 Å². The molecule has 3 nitrogen and oxygen atoms in total. The van der Waals surface area contributed by atoms with E-state index < -0.39 is 19.5 Å². The molecule has 0 radical (unpaired) electrons. The van der Waals surface area contributed by atoms with E-state index in [-0.39, 0.29) is 22.5 Å². The second kappa shape index (κ2) is 6.07. The van der Waals surface area contributed by atoms with Crippen LogP contribution in [-0.2, 0) is 4.43 Å². The lowest BCUT2D eigenvalue weighted by molar-refractivity contribution is -0.205. The fourth-order valence-electron chi connectivity index (χ4n) is 4.52. The molecule has 0 aromatic heterocycles. The Balaban J connectivity index is 2.26. The second-order valence-corrected chi connectivity index (χ2v) is 15.6. The summed E-state index contributed by atoms with van der Waals surface area (Å²) in [6.45, 7) is 17.5. The van der Waals surface area contributed by atoms with Gasteiger partial charge in [0.1, 0.15) is 0 Å². The van der Waals surface area contributed by atoms with Gasteiger partial charge in [-0.2, -0.15) is 0 Å². The maximum Gasteiger partial charge on any atom is 0.192 e. The fourth-order valence-corrected chi connectivity index (χ4v) is 5.96. The summed E-state index contributed by atoms with van der Waals surface area (Å²) in [5.74, 6) is 0.169. The van der Waals surface area contributed by atoms with E-state index in [1.165, 1.54) is 0 Å². The van der Waals surface area contributed by atoms with Crippen LogP contribution >= 0.6 is 0 Å². The van der Waals surface area contributed by atoms with E-state index in [0.717, 1.165) is 32.1 Å². The van der Waals surface area contributed by atoms with Crippen molar-refractivity contribution < 1.29 is 14.6 Å². The molecule has 4 atom stereocenters. The number of hydrogen-bond donors (Lipinski definition) is 2. The van der Waals surface area contributed by atoms with E-state index in [9.17, 15) is 10.2 Å². The highest BCUT2D eigenvalue weighted by molar-refractivity contribution is 6.74. The zero-order valence-corrected chi connectivity index (χ0v) is 18.2. The molecular formula is C20H40O3Si. The first-order valence-corrected chi connectivity index (χ1v) is 12.7. The zero-order chi connectivity index (χ0) is 18.6. The highest BCUT2D eigenvalue weighted by atomic mass is 28.4. The minimum absolute atomic E-state index is 0.139. The van der Waals surface area contributed by atoms with Crippen LogP contribution in [0.4, 0.5) is 0 Å².